The third-order valence-electron chi connectivity index (χ3n) is 2.44. The van der Waals surface area contributed by atoms with Crippen molar-refractivity contribution < 1.29 is 4.74 Å². The Morgan fingerprint density at radius 1 is 1.33 bits per heavy atom. The van der Waals surface area contributed by atoms with Crippen LogP contribution in [-0.4, -0.2) is 21.6 Å². The van der Waals surface area contributed by atoms with Crippen molar-refractivity contribution in [3.05, 3.63) is 28.6 Å². The van der Waals surface area contributed by atoms with Gasteiger partial charge in [-0.1, -0.05) is 11.6 Å². The van der Waals surface area contributed by atoms with Crippen LogP contribution in [0.2, 0.25) is 5.02 Å². The fraction of sp³-hybridized carbons (Fsp3) is 0.167. The molecule has 92 valence electrons. The molecule has 0 unspecified atom stereocenters. The van der Waals surface area contributed by atoms with E-state index < -0.39 is 0 Å². The van der Waals surface area contributed by atoms with Gasteiger partial charge in [0.25, 0.3) is 0 Å². The minimum atomic E-state index is 0.584. The van der Waals surface area contributed by atoms with Crippen LogP contribution in [0.15, 0.2) is 23.6 Å². The Bertz CT molecular complexity index is 692. The molecule has 0 aliphatic carbocycles. The van der Waals surface area contributed by atoms with Gasteiger partial charge >= 0.3 is 0 Å². The molecule has 3 aromatic rings. The molecule has 3 aromatic heterocycles. The van der Waals surface area contributed by atoms with Crippen LogP contribution in [0.25, 0.3) is 21.9 Å². The van der Waals surface area contributed by atoms with Gasteiger partial charge in [0.2, 0.25) is 5.88 Å². The summed E-state index contributed by atoms with van der Waals surface area (Å²) in [6.07, 6.45) is 0. The van der Waals surface area contributed by atoms with Gasteiger partial charge < -0.3 is 9.72 Å². The predicted octanol–water partition coefficient (Wildman–Crippen LogP) is 3.74. The Balaban J connectivity index is 2.08. The average molecular weight is 280 g/mol. The first-order chi connectivity index (χ1) is 8.78. The topological polar surface area (TPSA) is 50.8 Å². The summed E-state index contributed by atoms with van der Waals surface area (Å²) in [5, 5.41) is 2.63. The Hall–Kier alpha value is -1.59. The van der Waals surface area contributed by atoms with Gasteiger partial charge in [0, 0.05) is 6.07 Å². The van der Waals surface area contributed by atoms with Crippen molar-refractivity contribution in [2.75, 3.05) is 6.61 Å². The van der Waals surface area contributed by atoms with Crippen LogP contribution in [0.3, 0.4) is 0 Å². The number of H-pyrrole nitrogens is 1. The maximum absolute atomic E-state index is 6.09. The largest absolute Gasteiger partial charge is 0.478 e. The Morgan fingerprint density at radius 2 is 2.22 bits per heavy atom. The molecule has 1 N–H and O–H groups in total. The van der Waals surface area contributed by atoms with Crippen molar-refractivity contribution in [3.63, 3.8) is 0 Å². The second-order valence-electron chi connectivity index (χ2n) is 3.64. The van der Waals surface area contributed by atoms with Crippen LogP contribution in [-0.2, 0) is 0 Å². The van der Waals surface area contributed by atoms with Gasteiger partial charge in [-0.05, 0) is 24.4 Å². The predicted molar refractivity (Wildman–Crippen MR) is 73.4 cm³/mol. The molecule has 6 heteroatoms. The van der Waals surface area contributed by atoms with Gasteiger partial charge in [-0.15, -0.1) is 11.3 Å². The minimum absolute atomic E-state index is 0.584. The number of fused-ring (bicyclic) bond motifs is 1. The summed E-state index contributed by atoms with van der Waals surface area (Å²) in [6.45, 7) is 2.51. The highest BCUT2D eigenvalue weighted by Gasteiger charge is 2.11. The van der Waals surface area contributed by atoms with Crippen molar-refractivity contribution in [1.29, 1.82) is 0 Å². The molecular formula is C12H10ClN3OS. The molecule has 0 spiro atoms. The van der Waals surface area contributed by atoms with Gasteiger partial charge in [0.05, 0.1) is 22.0 Å². The number of nitrogens with zero attached hydrogens (tertiary/aromatic N) is 2. The summed E-state index contributed by atoms with van der Waals surface area (Å²) >= 11 is 7.64. The van der Waals surface area contributed by atoms with E-state index in [0.717, 1.165) is 16.2 Å². The standard InChI is InChI=1S/C12H10ClN3OS/c1-2-17-9-4-3-8-11(15-9)16-12(14-8)10-7(13)5-6-18-10/h3-6H,2H2,1H3,(H,14,15,16). The first-order valence-corrected chi connectivity index (χ1v) is 6.76. The lowest BCUT2D eigenvalue weighted by molar-refractivity contribution is 0.328. The summed E-state index contributed by atoms with van der Waals surface area (Å²) < 4.78 is 5.35. The number of imidazole rings is 1. The minimum Gasteiger partial charge on any atom is -0.478 e. The molecule has 0 amide bonds. The van der Waals surface area contributed by atoms with E-state index in [1.807, 2.05) is 30.5 Å². The summed E-state index contributed by atoms with van der Waals surface area (Å²) in [7, 11) is 0. The highest BCUT2D eigenvalue weighted by molar-refractivity contribution is 7.14. The fourth-order valence-corrected chi connectivity index (χ4v) is 2.76. The highest BCUT2D eigenvalue weighted by atomic mass is 35.5. The molecule has 0 saturated carbocycles. The molecule has 0 aliphatic heterocycles. The zero-order chi connectivity index (χ0) is 12.5. The molecule has 0 bridgehead atoms. The third kappa shape index (κ3) is 1.95. The summed E-state index contributed by atoms with van der Waals surface area (Å²) in [5.41, 5.74) is 1.51. The molecule has 0 atom stereocenters. The van der Waals surface area contributed by atoms with Crippen LogP contribution in [0.4, 0.5) is 0 Å². The maximum Gasteiger partial charge on any atom is 0.215 e. The molecule has 0 fully saturated rings. The Kier molecular flexibility index (Phi) is 2.93. The molecule has 0 aromatic carbocycles. The van der Waals surface area contributed by atoms with Crippen molar-refractivity contribution in [2.45, 2.75) is 6.92 Å². The number of hydrogen-bond acceptors (Lipinski definition) is 4. The Labute approximate surface area is 113 Å². The van der Waals surface area contributed by atoms with E-state index in [-0.39, 0.29) is 0 Å². The first-order valence-electron chi connectivity index (χ1n) is 5.51. The fourth-order valence-electron chi connectivity index (χ4n) is 1.67. The number of aromatic nitrogens is 3. The maximum atomic E-state index is 6.09. The van der Waals surface area contributed by atoms with Crippen LogP contribution in [0.1, 0.15) is 6.92 Å². The third-order valence-corrected chi connectivity index (χ3v) is 3.79. The molecule has 4 nitrogen and oxygen atoms in total. The second kappa shape index (κ2) is 4.59. The lowest BCUT2D eigenvalue weighted by atomic mass is 10.4. The van der Waals surface area contributed by atoms with E-state index >= 15 is 0 Å². The molecule has 3 rings (SSSR count). The normalized spacial score (nSPS) is 11.0. The lowest BCUT2D eigenvalue weighted by Gasteiger charge is -1.99. The SMILES string of the molecule is CCOc1ccc2[nH]c(-c3sccc3Cl)nc2n1. The number of hydrogen-bond donors (Lipinski definition) is 1. The number of thiophene rings is 1. The smallest absolute Gasteiger partial charge is 0.215 e. The van der Waals surface area contributed by atoms with Crippen LogP contribution in [0, 0.1) is 0 Å². The van der Waals surface area contributed by atoms with E-state index in [1.54, 1.807) is 11.3 Å². The van der Waals surface area contributed by atoms with Crippen LogP contribution < -0.4 is 4.74 Å². The number of halogens is 1. The van der Waals surface area contributed by atoms with E-state index in [0.29, 0.717) is 23.2 Å². The van der Waals surface area contributed by atoms with E-state index in [2.05, 4.69) is 15.0 Å². The van der Waals surface area contributed by atoms with E-state index in [9.17, 15) is 0 Å². The van der Waals surface area contributed by atoms with Crippen LogP contribution in [0.5, 0.6) is 5.88 Å². The van der Waals surface area contributed by atoms with Crippen molar-refractivity contribution in [3.8, 4) is 16.6 Å². The van der Waals surface area contributed by atoms with Crippen LogP contribution >= 0.6 is 22.9 Å². The van der Waals surface area contributed by atoms with Crippen molar-refractivity contribution >= 4 is 34.1 Å². The van der Waals surface area contributed by atoms with Crippen molar-refractivity contribution in [1.82, 2.24) is 15.0 Å². The molecular weight excluding hydrogens is 270 g/mol. The van der Waals surface area contributed by atoms with Gasteiger partial charge in [-0.25, -0.2) is 4.98 Å². The first kappa shape index (κ1) is 11.5. The zero-order valence-corrected chi connectivity index (χ0v) is 11.2. The summed E-state index contributed by atoms with van der Waals surface area (Å²) in [5.74, 6) is 1.33. The number of nitrogens with one attached hydrogen (secondary N) is 1. The van der Waals surface area contributed by atoms with Gasteiger partial charge in [0.1, 0.15) is 0 Å². The number of rotatable bonds is 3. The van der Waals surface area contributed by atoms with Gasteiger partial charge in [-0.2, -0.15) is 4.98 Å². The summed E-state index contributed by atoms with van der Waals surface area (Å²) in [4.78, 5) is 12.9. The quantitative estimate of drug-likeness (QED) is 0.794. The van der Waals surface area contributed by atoms with E-state index in [1.165, 1.54) is 0 Å². The van der Waals surface area contributed by atoms with Crippen molar-refractivity contribution in [2.24, 2.45) is 0 Å². The monoisotopic (exact) mass is 279 g/mol. The average Bonchev–Trinajstić information content (AvgIpc) is 2.94. The van der Waals surface area contributed by atoms with Gasteiger partial charge in [0.15, 0.2) is 11.5 Å². The second-order valence-corrected chi connectivity index (χ2v) is 4.96. The summed E-state index contributed by atoms with van der Waals surface area (Å²) in [6, 6.07) is 5.59. The molecule has 0 aliphatic rings. The number of ether oxygens (including phenoxy) is 1. The van der Waals surface area contributed by atoms with Gasteiger partial charge in [-0.3, -0.25) is 0 Å². The lowest BCUT2D eigenvalue weighted by Crippen LogP contribution is -1.93. The van der Waals surface area contributed by atoms with E-state index in [4.69, 9.17) is 16.3 Å². The molecule has 18 heavy (non-hydrogen) atoms. The Morgan fingerprint density at radius 3 is 2.94 bits per heavy atom. The molecule has 3 heterocycles. The molecule has 0 radical (unpaired) electrons. The number of pyridine rings is 1. The zero-order valence-electron chi connectivity index (χ0n) is 9.61. The highest BCUT2D eigenvalue weighted by Crippen LogP contribution is 2.32. The molecule has 0 saturated heterocycles. The number of aromatic amines is 1.